The maximum atomic E-state index is 13.5. The highest BCUT2D eigenvalue weighted by atomic mass is 16.3. The van der Waals surface area contributed by atoms with Crippen molar-refractivity contribution in [2.45, 2.75) is 39.0 Å². The standard InChI is InChI=1S/C22H23N3O2/c1-12-20-18(21(27)16-9-13-2-3-14(8-13)10-16)11-19(23-22(20)25-24-12)15-4-6-17(26)7-5-15/h4-7,11,13-14,16,26H,2-3,8-10H2,1H3,(H,23,24,25). The fourth-order valence-electron chi connectivity index (χ4n) is 5.09. The van der Waals surface area contributed by atoms with E-state index in [0.717, 1.165) is 52.6 Å². The number of pyridine rings is 1. The summed E-state index contributed by atoms with van der Waals surface area (Å²) < 4.78 is 0. The van der Waals surface area contributed by atoms with Gasteiger partial charge in [0.1, 0.15) is 5.75 Å². The van der Waals surface area contributed by atoms with Gasteiger partial charge in [-0.05, 0) is 68.4 Å². The van der Waals surface area contributed by atoms with Crippen LogP contribution in [0, 0.1) is 24.7 Å². The van der Waals surface area contributed by atoms with Crippen molar-refractivity contribution >= 4 is 16.8 Å². The lowest BCUT2D eigenvalue weighted by Gasteiger charge is -2.26. The van der Waals surface area contributed by atoms with Crippen molar-refractivity contribution in [3.05, 3.63) is 41.6 Å². The van der Waals surface area contributed by atoms with Crippen molar-refractivity contribution in [1.29, 1.82) is 0 Å². The van der Waals surface area contributed by atoms with E-state index >= 15 is 0 Å². The molecule has 138 valence electrons. The molecule has 0 saturated heterocycles. The van der Waals surface area contributed by atoms with E-state index in [4.69, 9.17) is 0 Å². The number of fused-ring (bicyclic) bond motifs is 3. The molecule has 2 saturated carbocycles. The van der Waals surface area contributed by atoms with Crippen LogP contribution in [0.15, 0.2) is 30.3 Å². The first-order chi connectivity index (χ1) is 13.1. The number of phenols is 1. The average Bonchev–Trinajstić information content (AvgIpc) is 3.22. The predicted molar refractivity (Wildman–Crippen MR) is 104 cm³/mol. The number of aromatic hydroxyl groups is 1. The number of nitrogens with one attached hydrogen (secondary N) is 1. The fourth-order valence-corrected chi connectivity index (χ4v) is 5.09. The van der Waals surface area contributed by atoms with Gasteiger partial charge in [-0.3, -0.25) is 9.89 Å². The third-order valence-corrected chi connectivity index (χ3v) is 6.39. The molecule has 5 nitrogen and oxygen atoms in total. The van der Waals surface area contributed by atoms with Crippen molar-refractivity contribution in [2.75, 3.05) is 0 Å². The number of aromatic amines is 1. The number of benzene rings is 1. The van der Waals surface area contributed by atoms with E-state index in [9.17, 15) is 9.90 Å². The number of phenolic OH excluding ortho intramolecular Hbond substituents is 1. The highest BCUT2D eigenvalue weighted by Gasteiger charge is 2.38. The van der Waals surface area contributed by atoms with Crippen LogP contribution in [0.3, 0.4) is 0 Å². The fraction of sp³-hybridized carbons (Fsp3) is 0.409. The summed E-state index contributed by atoms with van der Waals surface area (Å²) in [4.78, 5) is 18.2. The van der Waals surface area contributed by atoms with Crippen LogP contribution in [0.1, 0.15) is 48.2 Å². The van der Waals surface area contributed by atoms with Gasteiger partial charge in [0.2, 0.25) is 0 Å². The molecule has 2 aromatic heterocycles. The normalized spacial score (nSPS) is 24.4. The number of aryl methyl sites for hydroxylation is 1. The number of ketones is 1. The summed E-state index contributed by atoms with van der Waals surface area (Å²) in [7, 11) is 0. The summed E-state index contributed by atoms with van der Waals surface area (Å²) in [5.41, 5.74) is 3.79. The van der Waals surface area contributed by atoms with Gasteiger partial charge in [0.25, 0.3) is 0 Å². The van der Waals surface area contributed by atoms with Gasteiger partial charge < -0.3 is 5.11 Å². The second kappa shape index (κ2) is 6.19. The van der Waals surface area contributed by atoms with Gasteiger partial charge in [-0.15, -0.1) is 0 Å². The zero-order valence-electron chi connectivity index (χ0n) is 15.4. The van der Waals surface area contributed by atoms with Crippen LogP contribution in [0.25, 0.3) is 22.3 Å². The third-order valence-electron chi connectivity index (χ3n) is 6.39. The van der Waals surface area contributed by atoms with Crippen molar-refractivity contribution in [3.63, 3.8) is 0 Å². The molecule has 2 heterocycles. The molecular weight excluding hydrogens is 338 g/mol. The molecule has 0 radical (unpaired) electrons. The summed E-state index contributed by atoms with van der Waals surface area (Å²) in [6.45, 7) is 1.94. The number of carbonyl (C=O) groups is 1. The van der Waals surface area contributed by atoms with Gasteiger partial charge in [0.15, 0.2) is 11.4 Å². The zero-order valence-corrected chi connectivity index (χ0v) is 15.4. The summed E-state index contributed by atoms with van der Waals surface area (Å²) in [6.07, 6.45) is 5.90. The summed E-state index contributed by atoms with van der Waals surface area (Å²) in [5.74, 6) is 2.01. The lowest BCUT2D eigenvalue weighted by Crippen LogP contribution is -2.24. The van der Waals surface area contributed by atoms with E-state index < -0.39 is 0 Å². The number of H-pyrrole nitrogens is 1. The van der Waals surface area contributed by atoms with Gasteiger partial charge in [0, 0.05) is 22.7 Å². The molecule has 0 aliphatic heterocycles. The summed E-state index contributed by atoms with van der Waals surface area (Å²) in [5, 5.41) is 17.7. The molecule has 2 N–H and O–H groups in total. The quantitative estimate of drug-likeness (QED) is 0.666. The molecule has 2 atom stereocenters. The van der Waals surface area contributed by atoms with Gasteiger partial charge in [-0.1, -0.05) is 12.8 Å². The number of nitrogens with zero attached hydrogens (tertiary/aromatic N) is 2. The van der Waals surface area contributed by atoms with Gasteiger partial charge in [-0.2, -0.15) is 5.10 Å². The van der Waals surface area contributed by atoms with Crippen LogP contribution in [0.5, 0.6) is 5.75 Å². The van der Waals surface area contributed by atoms with Crippen molar-refractivity contribution in [1.82, 2.24) is 15.2 Å². The van der Waals surface area contributed by atoms with Crippen molar-refractivity contribution in [2.24, 2.45) is 17.8 Å². The summed E-state index contributed by atoms with van der Waals surface area (Å²) >= 11 is 0. The van der Waals surface area contributed by atoms with Gasteiger partial charge in [-0.25, -0.2) is 4.98 Å². The molecule has 0 spiro atoms. The molecule has 1 aromatic carbocycles. The van der Waals surface area contributed by atoms with Crippen LogP contribution in [0.4, 0.5) is 0 Å². The second-order valence-electron chi connectivity index (χ2n) is 8.23. The van der Waals surface area contributed by atoms with E-state index in [0.29, 0.717) is 5.65 Å². The number of hydrogen-bond acceptors (Lipinski definition) is 4. The minimum absolute atomic E-state index is 0.115. The number of carbonyl (C=O) groups excluding carboxylic acids is 1. The first-order valence-corrected chi connectivity index (χ1v) is 9.78. The number of aromatic nitrogens is 3. The molecule has 3 aromatic rings. The van der Waals surface area contributed by atoms with Crippen LogP contribution < -0.4 is 0 Å². The maximum Gasteiger partial charge on any atom is 0.182 e. The summed E-state index contributed by atoms with van der Waals surface area (Å²) in [6, 6.07) is 8.82. The average molecular weight is 361 g/mol. The maximum absolute atomic E-state index is 13.5. The molecule has 2 unspecified atom stereocenters. The second-order valence-corrected chi connectivity index (χ2v) is 8.23. The zero-order chi connectivity index (χ0) is 18.5. The Kier molecular flexibility index (Phi) is 3.78. The molecule has 27 heavy (non-hydrogen) atoms. The Morgan fingerprint density at radius 2 is 1.81 bits per heavy atom. The Bertz CT molecular complexity index is 1010. The van der Waals surface area contributed by atoms with E-state index in [2.05, 4.69) is 15.2 Å². The Balaban J connectivity index is 1.60. The highest BCUT2D eigenvalue weighted by Crippen LogP contribution is 2.46. The molecule has 0 amide bonds. The Hall–Kier alpha value is -2.69. The van der Waals surface area contributed by atoms with E-state index in [1.54, 1.807) is 12.1 Å². The number of rotatable bonds is 3. The van der Waals surface area contributed by atoms with Gasteiger partial charge >= 0.3 is 0 Å². The van der Waals surface area contributed by atoms with E-state index in [-0.39, 0.29) is 17.5 Å². The molecule has 2 aliphatic carbocycles. The Labute approximate surface area is 157 Å². The van der Waals surface area contributed by atoms with Crippen LogP contribution in [0.2, 0.25) is 0 Å². The minimum Gasteiger partial charge on any atom is -0.508 e. The minimum atomic E-state index is 0.115. The molecule has 2 bridgehead atoms. The number of hydrogen-bond donors (Lipinski definition) is 2. The monoisotopic (exact) mass is 361 g/mol. The molecule has 5 heteroatoms. The molecule has 2 fully saturated rings. The largest absolute Gasteiger partial charge is 0.508 e. The molecule has 2 aliphatic rings. The predicted octanol–water partition coefficient (Wildman–Crippen LogP) is 4.65. The van der Waals surface area contributed by atoms with Crippen molar-refractivity contribution < 1.29 is 9.90 Å². The molecular formula is C22H23N3O2. The highest BCUT2D eigenvalue weighted by molar-refractivity contribution is 6.09. The first kappa shape index (κ1) is 16.5. The van der Waals surface area contributed by atoms with E-state index in [1.807, 2.05) is 25.1 Å². The smallest absolute Gasteiger partial charge is 0.182 e. The Morgan fingerprint density at radius 1 is 1.11 bits per heavy atom. The SMILES string of the molecule is Cc1[nH]nc2nc(-c3ccc(O)cc3)cc(C(=O)C3CC4CCC(C4)C3)c12. The van der Waals surface area contributed by atoms with E-state index in [1.165, 1.54) is 19.3 Å². The topological polar surface area (TPSA) is 78.9 Å². The Morgan fingerprint density at radius 3 is 2.52 bits per heavy atom. The number of Topliss-reactive ketones (excluding diaryl/α,β-unsaturated/α-hetero) is 1. The first-order valence-electron chi connectivity index (χ1n) is 9.78. The van der Waals surface area contributed by atoms with Gasteiger partial charge in [0.05, 0.1) is 11.1 Å². The third kappa shape index (κ3) is 2.82. The lowest BCUT2D eigenvalue weighted by molar-refractivity contribution is 0.0859. The van der Waals surface area contributed by atoms with Crippen LogP contribution >= 0.6 is 0 Å². The van der Waals surface area contributed by atoms with Crippen molar-refractivity contribution in [3.8, 4) is 17.0 Å². The van der Waals surface area contributed by atoms with Crippen LogP contribution in [-0.2, 0) is 0 Å². The van der Waals surface area contributed by atoms with Crippen LogP contribution in [-0.4, -0.2) is 26.1 Å². The lowest BCUT2D eigenvalue weighted by atomic mass is 9.77. The molecule has 5 rings (SSSR count).